The molecule has 1 N–H and O–H groups in total. The summed E-state index contributed by atoms with van der Waals surface area (Å²) in [5, 5.41) is 15.6. The number of hydrogen-bond donors (Lipinski definition) is 1. The van der Waals surface area contributed by atoms with Gasteiger partial charge in [0.05, 0.1) is 18.3 Å². The molecule has 3 heterocycles. The normalized spacial score (nSPS) is 11.0. The number of nitrogens with zero attached hydrogens (tertiary/aromatic N) is 3. The molecule has 0 radical (unpaired) electrons. The van der Waals surface area contributed by atoms with Gasteiger partial charge in [-0.05, 0) is 75.7 Å². The molecule has 0 unspecified atom stereocenters. The van der Waals surface area contributed by atoms with Gasteiger partial charge in [0.1, 0.15) is 11.5 Å². The zero-order valence-corrected chi connectivity index (χ0v) is 23.1. The Morgan fingerprint density at radius 3 is 2.42 bits per heavy atom. The van der Waals surface area contributed by atoms with Crippen molar-refractivity contribution in [3.63, 3.8) is 0 Å². The van der Waals surface area contributed by atoms with E-state index in [-0.39, 0.29) is 22.9 Å². The maximum absolute atomic E-state index is 12.8. The monoisotopic (exact) mass is 558 g/mol. The molecule has 0 aliphatic rings. The number of carbonyl (C=O) groups excluding carboxylic acids is 2. The summed E-state index contributed by atoms with van der Waals surface area (Å²) in [4.78, 5) is 24.6. The topological polar surface area (TPSA) is 130 Å². The Labute approximate surface area is 233 Å². The molecule has 0 aliphatic heterocycles. The van der Waals surface area contributed by atoms with Crippen molar-refractivity contribution < 1.29 is 28.0 Å². The van der Waals surface area contributed by atoms with Crippen LogP contribution in [0, 0.1) is 6.92 Å². The van der Waals surface area contributed by atoms with E-state index in [1.54, 1.807) is 49.4 Å². The molecule has 0 fully saturated rings. The number of rotatable bonds is 9. The molecule has 11 heteroatoms. The Bertz CT molecular complexity index is 1650. The molecule has 204 valence electrons. The fraction of sp³-hybridized carbons (Fsp3) is 0.207. The predicted molar refractivity (Wildman–Crippen MR) is 149 cm³/mol. The minimum atomic E-state index is -0.476. The summed E-state index contributed by atoms with van der Waals surface area (Å²) >= 11 is 1.16. The van der Waals surface area contributed by atoms with Gasteiger partial charge in [0.2, 0.25) is 5.13 Å². The van der Waals surface area contributed by atoms with Crippen LogP contribution >= 0.6 is 11.3 Å². The summed E-state index contributed by atoms with van der Waals surface area (Å²) in [6.45, 7) is 7.96. The summed E-state index contributed by atoms with van der Waals surface area (Å²) < 4.78 is 22.1. The molecule has 1 amide bonds. The minimum Gasteiger partial charge on any atom is -0.491 e. The molecular formula is C29H26N4O6S. The van der Waals surface area contributed by atoms with Gasteiger partial charge in [-0.25, -0.2) is 4.79 Å². The van der Waals surface area contributed by atoms with Crippen LogP contribution in [0.4, 0.5) is 5.13 Å². The quantitative estimate of drug-likeness (QED) is 0.198. The van der Waals surface area contributed by atoms with Gasteiger partial charge in [0, 0.05) is 17.2 Å². The number of hydrogen-bond acceptors (Lipinski definition) is 10. The second-order valence-electron chi connectivity index (χ2n) is 9.05. The first-order valence-electron chi connectivity index (χ1n) is 12.6. The molecule has 0 saturated carbocycles. The van der Waals surface area contributed by atoms with Gasteiger partial charge in [0.15, 0.2) is 22.2 Å². The SMILES string of the molecule is CCOC(=O)c1ccc(-c2ccc(-c3nnc(NC(=O)c4cc(-c5ccc(OC(C)C)c(C)c5)on4)s3)o2)cc1. The van der Waals surface area contributed by atoms with Crippen molar-refractivity contribution in [3.8, 4) is 39.2 Å². The molecule has 0 atom stereocenters. The molecule has 40 heavy (non-hydrogen) atoms. The van der Waals surface area contributed by atoms with Crippen LogP contribution in [0.25, 0.3) is 33.4 Å². The number of benzene rings is 2. The van der Waals surface area contributed by atoms with Gasteiger partial charge >= 0.3 is 5.97 Å². The highest BCUT2D eigenvalue weighted by Gasteiger charge is 2.18. The van der Waals surface area contributed by atoms with Crippen LogP contribution in [0.2, 0.25) is 0 Å². The zero-order valence-electron chi connectivity index (χ0n) is 22.3. The van der Waals surface area contributed by atoms with E-state index >= 15 is 0 Å². The van der Waals surface area contributed by atoms with E-state index in [1.807, 2.05) is 39.0 Å². The highest BCUT2D eigenvalue weighted by Crippen LogP contribution is 2.32. The number of anilines is 1. The Morgan fingerprint density at radius 2 is 1.70 bits per heavy atom. The number of aryl methyl sites for hydroxylation is 1. The van der Waals surface area contributed by atoms with Crippen LogP contribution < -0.4 is 10.1 Å². The summed E-state index contributed by atoms with van der Waals surface area (Å²) in [7, 11) is 0. The van der Waals surface area contributed by atoms with Crippen LogP contribution in [0.1, 0.15) is 47.2 Å². The van der Waals surface area contributed by atoms with Crippen LogP contribution in [-0.4, -0.2) is 39.9 Å². The fourth-order valence-corrected chi connectivity index (χ4v) is 4.54. The molecule has 5 aromatic rings. The Hall–Kier alpha value is -4.77. The van der Waals surface area contributed by atoms with Crippen molar-refractivity contribution in [2.75, 3.05) is 11.9 Å². The highest BCUT2D eigenvalue weighted by atomic mass is 32.1. The molecule has 0 aliphatic carbocycles. The zero-order chi connectivity index (χ0) is 28.2. The van der Waals surface area contributed by atoms with Crippen molar-refractivity contribution in [3.05, 3.63) is 77.5 Å². The highest BCUT2D eigenvalue weighted by molar-refractivity contribution is 7.18. The van der Waals surface area contributed by atoms with E-state index in [1.165, 1.54) is 0 Å². The van der Waals surface area contributed by atoms with Crippen molar-refractivity contribution in [1.82, 2.24) is 15.4 Å². The largest absolute Gasteiger partial charge is 0.491 e. The van der Waals surface area contributed by atoms with Gasteiger partial charge in [-0.3, -0.25) is 10.1 Å². The standard InChI is InChI=1S/C29H26N4O6S/c1-5-36-28(35)19-8-6-18(7-9-19)23-12-13-24(38-23)27-31-32-29(40-27)30-26(34)21-15-25(39-33-21)20-10-11-22(17(4)14-20)37-16(2)3/h6-16H,5H2,1-4H3,(H,30,32,34). The third-order valence-corrected chi connectivity index (χ3v) is 6.56. The second-order valence-corrected chi connectivity index (χ2v) is 10.0. The van der Waals surface area contributed by atoms with Crippen molar-refractivity contribution in [2.24, 2.45) is 0 Å². The lowest BCUT2D eigenvalue weighted by Gasteiger charge is -2.12. The number of carbonyl (C=O) groups is 2. The first kappa shape index (κ1) is 26.8. The fourth-order valence-electron chi connectivity index (χ4n) is 3.83. The molecule has 0 bridgehead atoms. The summed E-state index contributed by atoms with van der Waals surface area (Å²) in [5.74, 6) is 1.49. The van der Waals surface area contributed by atoms with E-state index in [2.05, 4.69) is 20.7 Å². The number of amides is 1. The third-order valence-electron chi connectivity index (χ3n) is 5.71. The smallest absolute Gasteiger partial charge is 0.338 e. The van der Waals surface area contributed by atoms with Crippen LogP contribution in [0.15, 0.2) is 69.6 Å². The van der Waals surface area contributed by atoms with E-state index in [0.717, 1.165) is 33.8 Å². The van der Waals surface area contributed by atoms with E-state index in [0.29, 0.717) is 34.5 Å². The lowest BCUT2D eigenvalue weighted by atomic mass is 10.1. The summed E-state index contributed by atoms with van der Waals surface area (Å²) in [6.07, 6.45) is 0.0670. The number of furan rings is 1. The molecule has 3 aromatic heterocycles. The molecule has 10 nitrogen and oxygen atoms in total. The third kappa shape index (κ3) is 5.94. The molecule has 0 saturated heterocycles. The summed E-state index contributed by atoms with van der Waals surface area (Å²) in [6, 6.07) is 17.7. The lowest BCUT2D eigenvalue weighted by molar-refractivity contribution is 0.0526. The second kappa shape index (κ2) is 11.5. The van der Waals surface area contributed by atoms with Crippen molar-refractivity contribution in [1.29, 1.82) is 0 Å². The van der Waals surface area contributed by atoms with Gasteiger partial charge < -0.3 is 18.4 Å². The Morgan fingerprint density at radius 1 is 0.950 bits per heavy atom. The van der Waals surface area contributed by atoms with Crippen molar-refractivity contribution >= 4 is 28.3 Å². The van der Waals surface area contributed by atoms with Crippen molar-refractivity contribution in [2.45, 2.75) is 33.8 Å². The summed E-state index contributed by atoms with van der Waals surface area (Å²) in [5.41, 5.74) is 3.09. The molecule has 0 spiro atoms. The average molecular weight is 559 g/mol. The Balaban J connectivity index is 1.24. The number of ether oxygens (including phenoxy) is 2. The van der Waals surface area contributed by atoms with E-state index in [4.69, 9.17) is 18.4 Å². The maximum Gasteiger partial charge on any atom is 0.338 e. The predicted octanol–water partition coefficient (Wildman–Crippen LogP) is 6.64. The van der Waals surface area contributed by atoms with E-state index < -0.39 is 5.91 Å². The van der Waals surface area contributed by atoms with Crippen LogP contribution in [0.5, 0.6) is 5.75 Å². The minimum absolute atomic E-state index is 0.0670. The maximum atomic E-state index is 12.8. The van der Waals surface area contributed by atoms with Crippen LogP contribution in [-0.2, 0) is 4.74 Å². The molecule has 2 aromatic carbocycles. The first-order chi connectivity index (χ1) is 19.3. The molecule has 5 rings (SSSR count). The van der Waals surface area contributed by atoms with E-state index in [9.17, 15) is 9.59 Å². The Kier molecular flexibility index (Phi) is 7.74. The average Bonchev–Trinajstić information content (AvgIpc) is 3.71. The van der Waals surface area contributed by atoms with Gasteiger partial charge in [-0.2, -0.15) is 0 Å². The number of aromatic nitrogens is 3. The van der Waals surface area contributed by atoms with Gasteiger partial charge in [-0.15, -0.1) is 10.2 Å². The molecular weight excluding hydrogens is 532 g/mol. The number of esters is 1. The van der Waals surface area contributed by atoms with Crippen LogP contribution in [0.3, 0.4) is 0 Å². The number of nitrogens with one attached hydrogen (secondary N) is 1. The van der Waals surface area contributed by atoms with Gasteiger partial charge in [-0.1, -0.05) is 28.6 Å². The lowest BCUT2D eigenvalue weighted by Crippen LogP contribution is -2.11. The first-order valence-corrected chi connectivity index (χ1v) is 13.4. The van der Waals surface area contributed by atoms with Gasteiger partial charge in [0.25, 0.3) is 5.91 Å².